The van der Waals surface area contributed by atoms with Crippen molar-refractivity contribution in [1.82, 2.24) is 0 Å². The van der Waals surface area contributed by atoms with Crippen LogP contribution in [0.3, 0.4) is 0 Å². The Morgan fingerprint density at radius 3 is 1.00 bits per heavy atom. The normalized spacial score (nSPS) is 0. The van der Waals surface area contributed by atoms with E-state index < -0.39 is 0 Å². The van der Waals surface area contributed by atoms with Gasteiger partial charge in [-0.2, -0.15) is 0 Å². The van der Waals surface area contributed by atoms with Crippen LogP contribution in [0.25, 0.3) is 0 Å². The van der Waals surface area contributed by atoms with Gasteiger partial charge in [0, 0.05) is 34.1 Å². The van der Waals surface area contributed by atoms with Gasteiger partial charge in [-0.3, -0.25) is 0 Å². The summed E-state index contributed by atoms with van der Waals surface area (Å²) >= 11 is 0. The molecule has 0 aromatic rings. The second-order valence-corrected chi connectivity index (χ2v) is 0. The van der Waals surface area contributed by atoms with Crippen LogP contribution in [0.1, 0.15) is 0 Å². The quantitative estimate of drug-likeness (QED) is 0.383. The molecule has 0 aromatic heterocycles. The molecule has 0 spiro atoms. The number of rotatable bonds is 0. The molecular weight excluding hydrogens is 175 g/mol. The molecule has 23 valence electrons. The molecule has 0 amide bonds. The fourth-order valence-electron chi connectivity index (χ4n) is 0. The average Bonchev–Trinajstić information content (AvgIpc) is 0. The van der Waals surface area contributed by atoms with Crippen LogP contribution < -0.4 is 0 Å². The van der Waals surface area contributed by atoms with Crippen molar-refractivity contribution >= 4 is 60.8 Å². The van der Waals surface area contributed by atoms with Gasteiger partial charge in [0.15, 0.2) is 0 Å². The summed E-state index contributed by atoms with van der Waals surface area (Å²) in [5.74, 6) is 0. The molecule has 0 atom stereocenters. The van der Waals surface area contributed by atoms with Gasteiger partial charge in [-0.25, -0.2) is 0 Å². The van der Waals surface area contributed by atoms with Crippen molar-refractivity contribution in [2.75, 3.05) is 0 Å². The number of hydrogen-bond acceptors (Lipinski definition) is 0. The molecule has 0 aliphatic carbocycles. The van der Waals surface area contributed by atoms with Gasteiger partial charge in [0.25, 0.3) is 0 Å². The fourth-order valence-corrected chi connectivity index (χ4v) is 0. The van der Waals surface area contributed by atoms with Gasteiger partial charge in [0.1, 0.15) is 0 Å². The van der Waals surface area contributed by atoms with Crippen molar-refractivity contribution in [3.8, 4) is 0 Å². The summed E-state index contributed by atoms with van der Waals surface area (Å²) in [7, 11) is 0. The van der Waals surface area contributed by atoms with E-state index in [1.165, 1.54) is 0 Å². The van der Waals surface area contributed by atoms with Gasteiger partial charge in [-0.15, -0.1) is 0 Å². The van der Waals surface area contributed by atoms with E-state index in [0.29, 0.717) is 0 Å². The summed E-state index contributed by atoms with van der Waals surface area (Å²) in [4.78, 5) is 0. The average molecular weight is 179 g/mol. The molecule has 4 heteroatoms. The Kier molecular flexibility index (Phi) is 115. The molecule has 0 bridgehead atoms. The molecule has 0 fully saturated rings. The zero-order chi connectivity index (χ0) is 0. The largest absolute Gasteiger partial charge is 0.316 e. The summed E-state index contributed by atoms with van der Waals surface area (Å²) < 4.78 is 0. The summed E-state index contributed by atoms with van der Waals surface area (Å²) in [5, 5.41) is 0. The van der Waals surface area contributed by atoms with Gasteiger partial charge in [-0.05, 0) is 0 Å². The van der Waals surface area contributed by atoms with E-state index in [4.69, 9.17) is 0 Å². The molecule has 0 rings (SSSR count). The Balaban J connectivity index is 0. The summed E-state index contributed by atoms with van der Waals surface area (Å²) in [6.45, 7) is 0. The Hall–Kier alpha value is 3.06. The van der Waals surface area contributed by atoms with Crippen LogP contribution in [-0.2, 0) is 34.1 Å². The standard InChI is InChI=1S/Ca.Fe.Mg.Mn.4H. The second kappa shape index (κ2) is 16.6. The molecule has 0 aliphatic rings. The predicted molar refractivity (Wildman–Crippen MR) is 17.1 cm³/mol. The minimum atomic E-state index is 0. The van der Waals surface area contributed by atoms with Crippen LogP contribution in [0.2, 0.25) is 0 Å². The van der Waals surface area contributed by atoms with E-state index in [-0.39, 0.29) is 94.9 Å². The van der Waals surface area contributed by atoms with E-state index in [1.54, 1.807) is 0 Å². The summed E-state index contributed by atoms with van der Waals surface area (Å²) in [6.07, 6.45) is 0. The maximum atomic E-state index is 0. The maximum Gasteiger partial charge on any atom is 0.316 e. The van der Waals surface area contributed by atoms with Crippen LogP contribution in [0.5, 0.6) is 0 Å². The van der Waals surface area contributed by atoms with Gasteiger partial charge in [-0.1, -0.05) is 0 Å². The van der Waals surface area contributed by atoms with E-state index in [2.05, 4.69) is 0 Å². The molecule has 0 aromatic carbocycles. The monoisotopic (exact) mass is 179 g/mol. The number of hydrogen-bond donors (Lipinski definition) is 0. The Bertz CT molecular complexity index is 8.00. The van der Waals surface area contributed by atoms with E-state index in [9.17, 15) is 0 Å². The summed E-state index contributed by atoms with van der Waals surface area (Å²) in [5.41, 5.74) is 0. The van der Waals surface area contributed by atoms with E-state index >= 15 is 0 Å². The molecule has 0 nitrogen and oxygen atoms in total. The molecule has 0 N–H and O–H groups in total. The predicted octanol–water partition coefficient (Wildman–Crippen LogP) is -1.84. The first-order chi connectivity index (χ1) is 0. The van der Waals surface area contributed by atoms with Gasteiger partial charge >= 0.3 is 60.8 Å². The molecule has 0 unspecified atom stereocenters. The van der Waals surface area contributed by atoms with Gasteiger partial charge < -0.3 is 0 Å². The minimum Gasteiger partial charge on any atom is 0 e. The van der Waals surface area contributed by atoms with Crippen LogP contribution in [0.4, 0.5) is 0 Å². The first-order valence-corrected chi connectivity index (χ1v) is 0. The van der Waals surface area contributed by atoms with Crippen molar-refractivity contribution in [3.05, 3.63) is 0 Å². The third-order valence-corrected chi connectivity index (χ3v) is 0. The Morgan fingerprint density at radius 1 is 1.00 bits per heavy atom. The SMILES string of the molecule is [CaH2].[Fe].[MgH2].[Mn]. The molecule has 0 saturated heterocycles. The maximum absolute atomic E-state index is 0. The second-order valence-electron chi connectivity index (χ2n) is 0. The third kappa shape index (κ3) is 8.91. The zero-order valence-electron chi connectivity index (χ0n) is 0.732. The first-order valence-electron chi connectivity index (χ1n) is 0. The Labute approximate surface area is 92.9 Å². The van der Waals surface area contributed by atoms with Crippen LogP contribution >= 0.6 is 0 Å². The Morgan fingerprint density at radius 2 is 1.00 bits per heavy atom. The molecular formula is H4CaFeMgMn. The van der Waals surface area contributed by atoms with Crippen LogP contribution in [0, 0.1) is 0 Å². The van der Waals surface area contributed by atoms with Crippen molar-refractivity contribution in [2.45, 2.75) is 0 Å². The molecule has 0 aliphatic heterocycles. The minimum absolute atomic E-state index is 0. The van der Waals surface area contributed by atoms with E-state index in [1.807, 2.05) is 0 Å². The molecule has 4 heavy (non-hydrogen) atoms. The van der Waals surface area contributed by atoms with Crippen molar-refractivity contribution in [1.29, 1.82) is 0 Å². The first kappa shape index (κ1) is 27.7. The molecule has 0 saturated carbocycles. The van der Waals surface area contributed by atoms with Crippen molar-refractivity contribution in [3.63, 3.8) is 0 Å². The van der Waals surface area contributed by atoms with E-state index in [0.717, 1.165) is 0 Å². The van der Waals surface area contributed by atoms with Crippen molar-refractivity contribution < 1.29 is 34.1 Å². The van der Waals surface area contributed by atoms with Crippen LogP contribution in [0.15, 0.2) is 0 Å². The summed E-state index contributed by atoms with van der Waals surface area (Å²) in [6, 6.07) is 0. The zero-order valence-corrected chi connectivity index (χ0v) is 3.02. The smallest absolute Gasteiger partial charge is 0 e. The fraction of sp³-hybridized carbons (Fsp3) is 0. The van der Waals surface area contributed by atoms with Crippen LogP contribution in [-0.4, -0.2) is 60.8 Å². The molecule has 1 radical (unpaired) electrons. The third-order valence-electron chi connectivity index (χ3n) is 0. The topological polar surface area (TPSA) is 0 Å². The van der Waals surface area contributed by atoms with Gasteiger partial charge in [0.2, 0.25) is 0 Å². The van der Waals surface area contributed by atoms with Gasteiger partial charge in [0.05, 0.1) is 0 Å². The molecule has 0 heterocycles. The van der Waals surface area contributed by atoms with Crippen molar-refractivity contribution in [2.24, 2.45) is 0 Å².